The molecule has 10 heteroatoms. The van der Waals surface area contributed by atoms with Crippen LogP contribution in [0.25, 0.3) is 0 Å². The van der Waals surface area contributed by atoms with Gasteiger partial charge in [-0.3, -0.25) is 14.4 Å². The molecule has 2 saturated heterocycles. The molecule has 6 atom stereocenters. The van der Waals surface area contributed by atoms with Gasteiger partial charge in [-0.05, 0) is 37.8 Å². The second-order valence-electron chi connectivity index (χ2n) is 8.51. The molecule has 3 aliphatic rings. The van der Waals surface area contributed by atoms with E-state index in [1.807, 2.05) is 0 Å². The standard InChI is InChI=1S/C21H29N3O7/c1-5-6-31-21(30)16(11-7-13(22-9-11)18(26)23(3)4)12-8-14-15(10(2)25)19(27)24(14)17(12)20(28)29/h5,10-11,13-16,22,25H,1,6-9H2,2-4H3,(H,28,29)/t10-,11-,13+,14-,15-,16?/m1/s1. The first-order valence-corrected chi connectivity index (χ1v) is 10.3. The number of aliphatic hydroxyl groups excluding tert-OH is 1. The topological polar surface area (TPSA) is 136 Å². The molecule has 3 heterocycles. The molecule has 0 aromatic rings. The van der Waals surface area contributed by atoms with Gasteiger partial charge in [0.15, 0.2) is 0 Å². The highest BCUT2D eigenvalue weighted by Crippen LogP contribution is 2.48. The van der Waals surface area contributed by atoms with Crippen molar-refractivity contribution in [2.75, 3.05) is 27.2 Å². The number of esters is 1. The summed E-state index contributed by atoms with van der Waals surface area (Å²) in [5, 5.41) is 22.9. The van der Waals surface area contributed by atoms with Crippen LogP contribution in [-0.4, -0.2) is 89.2 Å². The Hall–Kier alpha value is -2.72. The van der Waals surface area contributed by atoms with Crippen LogP contribution >= 0.6 is 0 Å². The summed E-state index contributed by atoms with van der Waals surface area (Å²) in [5.74, 6) is -4.52. The van der Waals surface area contributed by atoms with Crippen LogP contribution in [0, 0.1) is 17.8 Å². The first-order chi connectivity index (χ1) is 14.6. The number of carboxylic acid groups (broad SMARTS) is 1. The van der Waals surface area contributed by atoms with Gasteiger partial charge in [0.05, 0.1) is 30.0 Å². The normalized spacial score (nSPS) is 29.2. The van der Waals surface area contributed by atoms with E-state index in [-0.39, 0.29) is 30.5 Å². The number of fused-ring (bicyclic) bond motifs is 1. The summed E-state index contributed by atoms with van der Waals surface area (Å²) in [7, 11) is 3.28. The number of rotatable bonds is 8. The number of β-lactam (4-membered cyclic amide) rings is 1. The molecule has 31 heavy (non-hydrogen) atoms. The summed E-state index contributed by atoms with van der Waals surface area (Å²) >= 11 is 0. The maximum atomic E-state index is 13.0. The van der Waals surface area contributed by atoms with Crippen LogP contribution < -0.4 is 5.32 Å². The summed E-state index contributed by atoms with van der Waals surface area (Å²) < 4.78 is 5.28. The number of ether oxygens (including phenoxy) is 1. The molecule has 170 valence electrons. The van der Waals surface area contributed by atoms with E-state index in [4.69, 9.17) is 4.74 Å². The molecule has 0 aromatic heterocycles. The minimum atomic E-state index is -1.30. The van der Waals surface area contributed by atoms with Crippen LogP contribution in [0.3, 0.4) is 0 Å². The Bertz CT molecular complexity index is 835. The number of nitrogens with one attached hydrogen (secondary N) is 1. The van der Waals surface area contributed by atoms with E-state index in [9.17, 15) is 29.4 Å². The first-order valence-electron chi connectivity index (χ1n) is 10.3. The zero-order valence-electron chi connectivity index (χ0n) is 17.9. The summed E-state index contributed by atoms with van der Waals surface area (Å²) in [6, 6.07) is -0.995. The molecule has 3 aliphatic heterocycles. The van der Waals surface area contributed by atoms with E-state index >= 15 is 0 Å². The van der Waals surface area contributed by atoms with Gasteiger partial charge in [0.2, 0.25) is 11.8 Å². The molecule has 0 spiro atoms. The minimum Gasteiger partial charge on any atom is -0.477 e. The average Bonchev–Trinajstić information content (AvgIpc) is 3.29. The van der Waals surface area contributed by atoms with Crippen molar-refractivity contribution in [3.05, 3.63) is 23.9 Å². The number of carbonyl (C=O) groups excluding carboxylic acids is 3. The summed E-state index contributed by atoms with van der Waals surface area (Å²) in [4.78, 5) is 52.6. The first kappa shape index (κ1) is 23.0. The second kappa shape index (κ2) is 8.80. The molecule has 0 saturated carbocycles. The van der Waals surface area contributed by atoms with Gasteiger partial charge < -0.3 is 30.1 Å². The van der Waals surface area contributed by atoms with E-state index in [1.165, 1.54) is 22.8 Å². The number of hydrogen-bond acceptors (Lipinski definition) is 7. The lowest BCUT2D eigenvalue weighted by Gasteiger charge is -2.44. The minimum absolute atomic E-state index is 0.0341. The number of aliphatic carboxylic acids is 1. The van der Waals surface area contributed by atoms with Gasteiger partial charge in [0, 0.05) is 14.1 Å². The molecule has 0 radical (unpaired) electrons. The Morgan fingerprint density at radius 3 is 2.61 bits per heavy atom. The molecule has 10 nitrogen and oxygen atoms in total. The predicted octanol–water partition coefficient (Wildman–Crippen LogP) is -0.652. The van der Waals surface area contributed by atoms with Gasteiger partial charge in [0.1, 0.15) is 12.3 Å². The highest BCUT2D eigenvalue weighted by molar-refractivity contribution is 6.00. The fourth-order valence-electron chi connectivity index (χ4n) is 4.95. The fraction of sp³-hybridized carbons (Fsp3) is 0.619. The lowest BCUT2D eigenvalue weighted by Crippen LogP contribution is -2.61. The Labute approximate surface area is 180 Å². The van der Waals surface area contributed by atoms with Crippen LogP contribution in [0.5, 0.6) is 0 Å². The zero-order valence-corrected chi connectivity index (χ0v) is 17.9. The Kier molecular flexibility index (Phi) is 6.51. The quantitative estimate of drug-likeness (QED) is 0.260. The van der Waals surface area contributed by atoms with Gasteiger partial charge in [-0.25, -0.2) is 4.79 Å². The molecule has 2 fully saturated rings. The molecule has 3 rings (SSSR count). The number of carboxylic acids is 1. The Morgan fingerprint density at radius 1 is 1.39 bits per heavy atom. The van der Waals surface area contributed by atoms with Gasteiger partial charge in [-0.15, -0.1) is 0 Å². The number of amides is 2. The highest BCUT2D eigenvalue weighted by atomic mass is 16.5. The summed E-state index contributed by atoms with van der Waals surface area (Å²) in [6.07, 6.45) is 0.991. The van der Waals surface area contributed by atoms with Crippen molar-refractivity contribution in [2.24, 2.45) is 17.8 Å². The van der Waals surface area contributed by atoms with Crippen LogP contribution in [0.2, 0.25) is 0 Å². The maximum absolute atomic E-state index is 13.0. The average molecular weight is 435 g/mol. The van der Waals surface area contributed by atoms with Crippen molar-refractivity contribution in [3.63, 3.8) is 0 Å². The zero-order chi connectivity index (χ0) is 23.0. The van der Waals surface area contributed by atoms with Gasteiger partial charge in [0.25, 0.3) is 0 Å². The van der Waals surface area contributed by atoms with Crippen LogP contribution in [0.1, 0.15) is 19.8 Å². The molecular formula is C21H29N3O7. The third-order valence-corrected chi connectivity index (χ3v) is 6.31. The van der Waals surface area contributed by atoms with Gasteiger partial charge in [-0.1, -0.05) is 12.7 Å². The fourth-order valence-corrected chi connectivity index (χ4v) is 4.95. The third kappa shape index (κ3) is 3.97. The monoisotopic (exact) mass is 435 g/mol. The molecular weight excluding hydrogens is 406 g/mol. The van der Waals surface area contributed by atoms with E-state index in [1.54, 1.807) is 14.1 Å². The summed E-state index contributed by atoms with van der Waals surface area (Å²) in [6.45, 7) is 5.32. The molecule has 0 aliphatic carbocycles. The molecule has 2 amide bonds. The number of hydrogen-bond donors (Lipinski definition) is 3. The molecule has 1 unspecified atom stereocenters. The van der Waals surface area contributed by atoms with Crippen LogP contribution in [0.15, 0.2) is 23.9 Å². The van der Waals surface area contributed by atoms with E-state index in [0.29, 0.717) is 18.5 Å². The van der Waals surface area contributed by atoms with Crippen molar-refractivity contribution < 1.29 is 34.1 Å². The van der Waals surface area contributed by atoms with Crippen molar-refractivity contribution in [2.45, 2.75) is 38.0 Å². The van der Waals surface area contributed by atoms with Crippen LogP contribution in [-0.2, 0) is 23.9 Å². The number of nitrogens with zero attached hydrogens (tertiary/aromatic N) is 2. The van der Waals surface area contributed by atoms with Crippen molar-refractivity contribution in [1.82, 2.24) is 15.1 Å². The highest BCUT2D eigenvalue weighted by Gasteiger charge is 2.59. The molecule has 0 aromatic carbocycles. The number of likely N-dealkylation sites (N-methyl/N-ethyl adjacent to an activating group) is 1. The SMILES string of the molecule is C=CCOC(=O)C(C1=C(C(=O)O)N2C(=O)[C@H]([C@@H](C)O)[C@H]2C1)[C@H]1CN[C@H](C(=O)N(C)C)C1. The van der Waals surface area contributed by atoms with Gasteiger partial charge in [-0.2, -0.15) is 0 Å². The van der Waals surface area contributed by atoms with Crippen LogP contribution in [0.4, 0.5) is 0 Å². The maximum Gasteiger partial charge on any atom is 0.352 e. The Balaban J connectivity index is 1.95. The van der Waals surface area contributed by atoms with Crippen molar-refractivity contribution >= 4 is 23.8 Å². The molecule has 3 N–H and O–H groups in total. The number of aliphatic hydroxyl groups is 1. The van der Waals surface area contributed by atoms with E-state index in [2.05, 4.69) is 11.9 Å². The lowest BCUT2D eigenvalue weighted by atomic mass is 9.78. The van der Waals surface area contributed by atoms with E-state index < -0.39 is 47.9 Å². The predicted molar refractivity (Wildman–Crippen MR) is 108 cm³/mol. The second-order valence-corrected chi connectivity index (χ2v) is 8.51. The van der Waals surface area contributed by atoms with E-state index in [0.717, 1.165) is 0 Å². The van der Waals surface area contributed by atoms with Crippen molar-refractivity contribution in [3.8, 4) is 0 Å². The smallest absolute Gasteiger partial charge is 0.352 e. The van der Waals surface area contributed by atoms with Gasteiger partial charge >= 0.3 is 11.9 Å². The van der Waals surface area contributed by atoms with Crippen molar-refractivity contribution in [1.29, 1.82) is 0 Å². The Morgan fingerprint density at radius 2 is 2.06 bits per heavy atom. The largest absolute Gasteiger partial charge is 0.477 e. The molecule has 0 bridgehead atoms. The summed E-state index contributed by atoms with van der Waals surface area (Å²) in [5.41, 5.74) is 0.0997. The third-order valence-electron chi connectivity index (χ3n) is 6.31. The number of carbonyl (C=O) groups is 4. The lowest BCUT2D eigenvalue weighted by molar-refractivity contribution is -0.161.